The van der Waals surface area contributed by atoms with Gasteiger partial charge < -0.3 is 4.90 Å². The SMILES string of the molecule is CCN(CCCn1cncn1)c1ccccc1. The molecule has 0 amide bonds. The molecule has 0 aliphatic rings. The van der Waals surface area contributed by atoms with Crippen LogP contribution in [0.15, 0.2) is 43.0 Å². The number of aryl methyl sites for hydroxylation is 1. The van der Waals surface area contributed by atoms with Gasteiger partial charge in [-0.25, -0.2) is 4.98 Å². The maximum Gasteiger partial charge on any atom is 0.137 e. The van der Waals surface area contributed by atoms with E-state index < -0.39 is 0 Å². The van der Waals surface area contributed by atoms with Gasteiger partial charge in [-0.15, -0.1) is 0 Å². The van der Waals surface area contributed by atoms with Crippen LogP contribution in [0.25, 0.3) is 0 Å². The minimum atomic E-state index is 0.920. The molecule has 0 aliphatic carbocycles. The first kappa shape index (κ1) is 11.6. The van der Waals surface area contributed by atoms with Crippen LogP contribution in [-0.4, -0.2) is 27.9 Å². The highest BCUT2D eigenvalue weighted by atomic mass is 15.3. The molecule has 0 unspecified atom stereocenters. The zero-order valence-electron chi connectivity index (χ0n) is 10.2. The standard InChI is InChI=1S/C13H18N4/c1-2-16(13-7-4-3-5-8-13)9-6-10-17-12-14-11-15-17/h3-5,7-8,11-12H,2,6,9-10H2,1H3. The summed E-state index contributed by atoms with van der Waals surface area (Å²) in [5, 5.41) is 4.10. The first-order valence-electron chi connectivity index (χ1n) is 6.02. The highest BCUT2D eigenvalue weighted by Gasteiger charge is 2.02. The van der Waals surface area contributed by atoms with E-state index in [2.05, 4.69) is 46.2 Å². The van der Waals surface area contributed by atoms with Crippen molar-refractivity contribution >= 4 is 5.69 Å². The first-order valence-corrected chi connectivity index (χ1v) is 6.02. The predicted molar refractivity (Wildman–Crippen MR) is 69.0 cm³/mol. The number of benzene rings is 1. The Hall–Kier alpha value is -1.84. The molecule has 0 saturated carbocycles. The Morgan fingerprint density at radius 3 is 2.71 bits per heavy atom. The van der Waals surface area contributed by atoms with E-state index in [0.29, 0.717) is 0 Å². The average Bonchev–Trinajstić information content (AvgIpc) is 2.89. The summed E-state index contributed by atoms with van der Waals surface area (Å²) < 4.78 is 1.87. The average molecular weight is 230 g/mol. The molecule has 4 heteroatoms. The Morgan fingerprint density at radius 2 is 2.06 bits per heavy atom. The third-order valence-electron chi connectivity index (χ3n) is 2.78. The number of para-hydroxylation sites is 1. The summed E-state index contributed by atoms with van der Waals surface area (Å²) in [6.45, 7) is 5.17. The molecule has 0 atom stereocenters. The molecule has 1 aromatic carbocycles. The van der Waals surface area contributed by atoms with Gasteiger partial charge in [0, 0.05) is 25.3 Å². The third kappa shape index (κ3) is 3.31. The minimum Gasteiger partial charge on any atom is -0.372 e. The fourth-order valence-electron chi connectivity index (χ4n) is 1.88. The summed E-state index contributed by atoms with van der Waals surface area (Å²) >= 11 is 0. The van der Waals surface area contributed by atoms with Gasteiger partial charge in [0.1, 0.15) is 12.7 Å². The van der Waals surface area contributed by atoms with Crippen molar-refractivity contribution in [2.45, 2.75) is 19.9 Å². The van der Waals surface area contributed by atoms with E-state index in [1.807, 2.05) is 10.7 Å². The van der Waals surface area contributed by atoms with Crippen LogP contribution in [0.4, 0.5) is 5.69 Å². The normalized spacial score (nSPS) is 10.4. The van der Waals surface area contributed by atoms with Gasteiger partial charge in [0.2, 0.25) is 0 Å². The Labute approximate surface area is 102 Å². The lowest BCUT2D eigenvalue weighted by Crippen LogP contribution is -2.24. The van der Waals surface area contributed by atoms with E-state index in [1.54, 1.807) is 12.7 Å². The summed E-state index contributed by atoms with van der Waals surface area (Å²) in [5.41, 5.74) is 1.29. The molecular formula is C13H18N4. The molecular weight excluding hydrogens is 212 g/mol. The zero-order chi connectivity index (χ0) is 11.9. The van der Waals surface area contributed by atoms with Crippen LogP contribution in [0.5, 0.6) is 0 Å². The van der Waals surface area contributed by atoms with Crippen molar-refractivity contribution in [3.05, 3.63) is 43.0 Å². The van der Waals surface area contributed by atoms with Crippen LogP contribution in [0.3, 0.4) is 0 Å². The number of nitrogens with zero attached hydrogens (tertiary/aromatic N) is 4. The fourth-order valence-corrected chi connectivity index (χ4v) is 1.88. The number of rotatable bonds is 6. The second-order valence-electron chi connectivity index (χ2n) is 3.93. The first-order chi connectivity index (χ1) is 8.40. The zero-order valence-corrected chi connectivity index (χ0v) is 10.2. The maximum atomic E-state index is 4.10. The van der Waals surface area contributed by atoms with Crippen molar-refractivity contribution in [2.24, 2.45) is 0 Å². The Bertz CT molecular complexity index is 410. The van der Waals surface area contributed by atoms with Crippen molar-refractivity contribution in [3.8, 4) is 0 Å². The molecule has 0 aliphatic heterocycles. The summed E-state index contributed by atoms with van der Waals surface area (Å²) in [6.07, 6.45) is 4.42. The van der Waals surface area contributed by atoms with Crippen molar-refractivity contribution in [3.63, 3.8) is 0 Å². The Balaban J connectivity index is 1.84. The van der Waals surface area contributed by atoms with Crippen molar-refractivity contribution in [1.82, 2.24) is 14.8 Å². The third-order valence-corrected chi connectivity index (χ3v) is 2.78. The highest BCUT2D eigenvalue weighted by molar-refractivity contribution is 5.45. The van der Waals surface area contributed by atoms with Crippen LogP contribution in [0, 0.1) is 0 Å². The van der Waals surface area contributed by atoms with Gasteiger partial charge >= 0.3 is 0 Å². The molecule has 1 heterocycles. The number of aromatic nitrogens is 3. The smallest absolute Gasteiger partial charge is 0.137 e. The van der Waals surface area contributed by atoms with E-state index in [4.69, 9.17) is 0 Å². The molecule has 0 fully saturated rings. The van der Waals surface area contributed by atoms with Crippen molar-refractivity contribution < 1.29 is 0 Å². The summed E-state index contributed by atoms with van der Waals surface area (Å²) in [7, 11) is 0. The largest absolute Gasteiger partial charge is 0.372 e. The second kappa shape index (κ2) is 6.03. The topological polar surface area (TPSA) is 34.0 Å². The van der Waals surface area contributed by atoms with E-state index >= 15 is 0 Å². The number of anilines is 1. The number of hydrogen-bond acceptors (Lipinski definition) is 3. The maximum absolute atomic E-state index is 4.10. The van der Waals surface area contributed by atoms with Gasteiger partial charge in [0.05, 0.1) is 0 Å². The lowest BCUT2D eigenvalue weighted by atomic mass is 10.2. The van der Waals surface area contributed by atoms with E-state index in [0.717, 1.165) is 26.1 Å². The molecule has 0 saturated heterocycles. The second-order valence-corrected chi connectivity index (χ2v) is 3.93. The molecule has 0 radical (unpaired) electrons. The van der Waals surface area contributed by atoms with Gasteiger partial charge in [0.25, 0.3) is 0 Å². The Kier molecular flexibility index (Phi) is 4.13. The van der Waals surface area contributed by atoms with Gasteiger partial charge in [-0.1, -0.05) is 18.2 Å². The Morgan fingerprint density at radius 1 is 1.24 bits per heavy atom. The lowest BCUT2D eigenvalue weighted by molar-refractivity contribution is 0.571. The van der Waals surface area contributed by atoms with Gasteiger partial charge in [-0.05, 0) is 25.5 Å². The van der Waals surface area contributed by atoms with Crippen LogP contribution < -0.4 is 4.90 Å². The molecule has 0 spiro atoms. The highest BCUT2D eigenvalue weighted by Crippen LogP contribution is 2.12. The van der Waals surface area contributed by atoms with Crippen molar-refractivity contribution in [1.29, 1.82) is 0 Å². The van der Waals surface area contributed by atoms with E-state index in [9.17, 15) is 0 Å². The minimum absolute atomic E-state index is 0.920. The van der Waals surface area contributed by atoms with Crippen molar-refractivity contribution in [2.75, 3.05) is 18.0 Å². The number of hydrogen-bond donors (Lipinski definition) is 0. The van der Waals surface area contributed by atoms with Crippen LogP contribution >= 0.6 is 0 Å². The van der Waals surface area contributed by atoms with Gasteiger partial charge in [-0.2, -0.15) is 5.10 Å². The lowest BCUT2D eigenvalue weighted by Gasteiger charge is -2.22. The molecule has 4 nitrogen and oxygen atoms in total. The van der Waals surface area contributed by atoms with Crippen LogP contribution in [0.2, 0.25) is 0 Å². The predicted octanol–water partition coefficient (Wildman–Crippen LogP) is 2.19. The van der Waals surface area contributed by atoms with Gasteiger partial charge in [-0.3, -0.25) is 4.68 Å². The summed E-state index contributed by atoms with van der Waals surface area (Å²) in [6, 6.07) is 10.5. The molecule has 90 valence electrons. The van der Waals surface area contributed by atoms with Crippen LogP contribution in [-0.2, 0) is 6.54 Å². The molecule has 0 bridgehead atoms. The molecule has 2 aromatic rings. The van der Waals surface area contributed by atoms with E-state index in [-0.39, 0.29) is 0 Å². The molecule has 2 rings (SSSR count). The quantitative estimate of drug-likeness (QED) is 0.763. The molecule has 17 heavy (non-hydrogen) atoms. The summed E-state index contributed by atoms with van der Waals surface area (Å²) in [5.74, 6) is 0. The van der Waals surface area contributed by atoms with E-state index in [1.165, 1.54) is 5.69 Å². The fraction of sp³-hybridized carbons (Fsp3) is 0.385. The summed E-state index contributed by atoms with van der Waals surface area (Å²) in [4.78, 5) is 6.31. The monoisotopic (exact) mass is 230 g/mol. The molecule has 1 aromatic heterocycles. The molecule has 0 N–H and O–H groups in total. The van der Waals surface area contributed by atoms with Crippen LogP contribution in [0.1, 0.15) is 13.3 Å². The van der Waals surface area contributed by atoms with Gasteiger partial charge in [0.15, 0.2) is 0 Å².